The predicted octanol–water partition coefficient (Wildman–Crippen LogP) is 1.42. The summed E-state index contributed by atoms with van der Waals surface area (Å²) in [6.07, 6.45) is 2.61. The number of nitrogens with one attached hydrogen (secondary N) is 1. The summed E-state index contributed by atoms with van der Waals surface area (Å²) in [6, 6.07) is 7.87. The Morgan fingerprint density at radius 1 is 1.13 bits per heavy atom. The largest absolute Gasteiger partial charge is 0.492 e. The molecular formula is C26H38N6O6. The van der Waals surface area contributed by atoms with Gasteiger partial charge in [0.15, 0.2) is 17.8 Å². The van der Waals surface area contributed by atoms with E-state index in [9.17, 15) is 9.90 Å². The number of ether oxygens (including phenoxy) is 4. The van der Waals surface area contributed by atoms with Crippen LogP contribution in [0.25, 0.3) is 11.2 Å². The highest BCUT2D eigenvalue weighted by Crippen LogP contribution is 2.23. The third-order valence-electron chi connectivity index (χ3n) is 6.87. The van der Waals surface area contributed by atoms with E-state index in [2.05, 4.69) is 19.9 Å². The molecule has 0 bridgehead atoms. The summed E-state index contributed by atoms with van der Waals surface area (Å²) < 4.78 is 23.0. The van der Waals surface area contributed by atoms with Crippen LogP contribution < -0.4 is 20.9 Å². The van der Waals surface area contributed by atoms with E-state index in [4.69, 9.17) is 24.7 Å². The number of methoxy groups -OCH3 is 2. The fraction of sp³-hybridized carbons (Fsp3) is 0.577. The minimum absolute atomic E-state index is 0.134. The van der Waals surface area contributed by atoms with Crippen molar-refractivity contribution < 1.29 is 24.1 Å². The van der Waals surface area contributed by atoms with Gasteiger partial charge in [0.05, 0.1) is 6.61 Å². The molecule has 0 aliphatic carbocycles. The van der Waals surface area contributed by atoms with E-state index in [1.54, 1.807) is 11.7 Å². The molecule has 1 saturated heterocycles. The van der Waals surface area contributed by atoms with E-state index < -0.39 is 6.29 Å². The molecule has 0 spiro atoms. The van der Waals surface area contributed by atoms with Crippen LogP contribution in [-0.2, 0) is 22.4 Å². The number of aliphatic hydroxyl groups excluding tert-OH is 1. The van der Waals surface area contributed by atoms with Crippen LogP contribution in [0, 0.1) is 5.92 Å². The highest BCUT2D eigenvalue weighted by Gasteiger charge is 2.21. The van der Waals surface area contributed by atoms with Crippen molar-refractivity contribution in [2.75, 3.05) is 59.4 Å². The molecule has 4 rings (SSSR count). The molecular weight excluding hydrogens is 492 g/mol. The van der Waals surface area contributed by atoms with E-state index >= 15 is 0 Å². The normalized spacial score (nSPS) is 15.7. The second-order valence-electron chi connectivity index (χ2n) is 9.48. The smallest absolute Gasteiger partial charge is 0.327 e. The van der Waals surface area contributed by atoms with Gasteiger partial charge in [0.25, 0.3) is 0 Å². The van der Waals surface area contributed by atoms with E-state index in [0.29, 0.717) is 49.9 Å². The van der Waals surface area contributed by atoms with Crippen molar-refractivity contribution in [1.82, 2.24) is 24.4 Å². The molecule has 1 atom stereocenters. The van der Waals surface area contributed by atoms with E-state index in [0.717, 1.165) is 50.2 Å². The minimum atomic E-state index is -0.815. The lowest BCUT2D eigenvalue weighted by atomic mass is 9.93. The Hall–Kier alpha value is -3.19. The van der Waals surface area contributed by atoms with Gasteiger partial charge in [0, 0.05) is 33.7 Å². The molecule has 208 valence electrons. The Labute approximate surface area is 221 Å². The molecule has 1 unspecified atom stereocenters. The Balaban J connectivity index is 1.23. The monoisotopic (exact) mass is 530 g/mol. The second kappa shape index (κ2) is 13.6. The first-order valence-corrected chi connectivity index (χ1v) is 13.0. The number of aliphatic hydroxyl groups is 1. The maximum Gasteiger partial charge on any atom is 0.327 e. The lowest BCUT2D eigenvalue weighted by Gasteiger charge is -2.31. The molecule has 2 aromatic heterocycles. The van der Waals surface area contributed by atoms with Crippen molar-refractivity contribution in [2.45, 2.75) is 38.5 Å². The van der Waals surface area contributed by atoms with E-state index in [-0.39, 0.29) is 17.5 Å². The molecule has 1 aliphatic rings. The number of aromatic amines is 1. The van der Waals surface area contributed by atoms with Gasteiger partial charge in [0.1, 0.15) is 24.5 Å². The zero-order valence-corrected chi connectivity index (χ0v) is 22.1. The van der Waals surface area contributed by atoms with E-state index in [1.807, 2.05) is 24.3 Å². The lowest BCUT2D eigenvalue weighted by Crippen LogP contribution is -2.36. The molecule has 0 amide bonds. The van der Waals surface area contributed by atoms with Crippen molar-refractivity contribution in [3.63, 3.8) is 0 Å². The Kier molecular flexibility index (Phi) is 9.93. The molecule has 3 heterocycles. The number of likely N-dealkylation sites (tertiary alicyclic amines) is 1. The zero-order chi connectivity index (χ0) is 26.9. The van der Waals surface area contributed by atoms with Gasteiger partial charge < -0.3 is 34.8 Å². The van der Waals surface area contributed by atoms with Crippen LogP contribution in [-0.4, -0.2) is 89.5 Å². The average Bonchev–Trinajstić information content (AvgIpc) is 3.24. The standard InChI is InChI=1S/C26H38N6O6/c1-35-14-15-38-25-29-23(27)22-24(30-25)32(26(34)28-22)11-8-18-6-9-31(10-7-18)12-13-37-20-5-3-4-19(16-20)17-21(33)36-2/h3-5,16,18,21,33H,6-15,17H2,1-2H3,(H,28,34)(H2,27,29,30). The number of nitrogens with zero attached hydrogens (tertiary/aromatic N) is 4. The topological polar surface area (TPSA) is 150 Å². The summed E-state index contributed by atoms with van der Waals surface area (Å²) in [5.74, 6) is 1.50. The fourth-order valence-electron chi connectivity index (χ4n) is 4.67. The van der Waals surface area contributed by atoms with Crippen LogP contribution in [0.3, 0.4) is 0 Å². The summed E-state index contributed by atoms with van der Waals surface area (Å²) in [5.41, 5.74) is 7.65. The summed E-state index contributed by atoms with van der Waals surface area (Å²) in [4.78, 5) is 26.3. The first-order valence-electron chi connectivity index (χ1n) is 13.0. The van der Waals surface area contributed by atoms with Gasteiger partial charge in [-0.15, -0.1) is 0 Å². The highest BCUT2D eigenvalue weighted by atomic mass is 16.6. The molecule has 3 aromatic rings. The number of fused-ring (bicyclic) bond motifs is 1. The number of H-pyrrole nitrogens is 1. The van der Waals surface area contributed by atoms with Gasteiger partial charge >= 0.3 is 11.7 Å². The van der Waals surface area contributed by atoms with Crippen molar-refractivity contribution in [3.8, 4) is 11.8 Å². The van der Waals surface area contributed by atoms with Gasteiger partial charge in [-0.25, -0.2) is 4.79 Å². The summed E-state index contributed by atoms with van der Waals surface area (Å²) in [6.45, 7) is 4.68. The number of hydrogen-bond donors (Lipinski definition) is 3. The van der Waals surface area contributed by atoms with Crippen molar-refractivity contribution in [2.24, 2.45) is 5.92 Å². The van der Waals surface area contributed by atoms with Gasteiger partial charge in [-0.2, -0.15) is 9.97 Å². The SMILES string of the molecule is COCCOc1nc(N)c2[nH]c(=O)n(CCC3CCN(CCOc4cccc(CC(O)OC)c4)CC3)c2n1. The number of nitrogen functional groups attached to an aromatic ring is 1. The van der Waals surface area contributed by atoms with Gasteiger partial charge in [-0.05, 0) is 56.0 Å². The van der Waals surface area contributed by atoms with E-state index in [1.165, 1.54) is 7.11 Å². The predicted molar refractivity (Wildman–Crippen MR) is 142 cm³/mol. The third-order valence-corrected chi connectivity index (χ3v) is 6.87. The number of hydrogen-bond acceptors (Lipinski definition) is 10. The number of aromatic nitrogens is 4. The second-order valence-corrected chi connectivity index (χ2v) is 9.48. The number of imidazole rings is 1. The molecule has 0 radical (unpaired) electrons. The Bertz CT molecular complexity index is 1220. The molecule has 4 N–H and O–H groups in total. The van der Waals surface area contributed by atoms with Crippen LogP contribution in [0.1, 0.15) is 24.8 Å². The fourth-order valence-corrected chi connectivity index (χ4v) is 4.67. The molecule has 38 heavy (non-hydrogen) atoms. The summed E-state index contributed by atoms with van der Waals surface area (Å²) in [5, 5.41) is 9.67. The average molecular weight is 531 g/mol. The quantitative estimate of drug-likeness (QED) is 0.206. The molecule has 1 aliphatic heterocycles. The summed E-state index contributed by atoms with van der Waals surface area (Å²) >= 11 is 0. The molecule has 1 aromatic carbocycles. The number of anilines is 1. The number of nitrogens with two attached hydrogens (primary N) is 1. The first kappa shape index (κ1) is 27.8. The molecule has 0 saturated carbocycles. The lowest BCUT2D eigenvalue weighted by molar-refractivity contribution is -0.0720. The number of piperidine rings is 1. The third kappa shape index (κ3) is 7.44. The molecule has 12 nitrogen and oxygen atoms in total. The van der Waals surface area contributed by atoms with Crippen LogP contribution in [0.5, 0.6) is 11.8 Å². The maximum absolute atomic E-state index is 12.6. The van der Waals surface area contributed by atoms with Gasteiger partial charge in [-0.1, -0.05) is 12.1 Å². The van der Waals surface area contributed by atoms with Crippen molar-refractivity contribution in [3.05, 3.63) is 40.3 Å². The highest BCUT2D eigenvalue weighted by molar-refractivity contribution is 5.81. The minimum Gasteiger partial charge on any atom is -0.492 e. The first-order chi connectivity index (χ1) is 18.5. The van der Waals surface area contributed by atoms with Crippen LogP contribution in [0.15, 0.2) is 29.1 Å². The maximum atomic E-state index is 12.6. The van der Waals surface area contributed by atoms with Crippen LogP contribution in [0.2, 0.25) is 0 Å². The Morgan fingerprint density at radius 3 is 2.71 bits per heavy atom. The zero-order valence-electron chi connectivity index (χ0n) is 22.1. The number of benzene rings is 1. The molecule has 1 fully saturated rings. The van der Waals surface area contributed by atoms with Gasteiger partial charge in [0.2, 0.25) is 0 Å². The number of aryl methyl sites for hydroxylation is 1. The van der Waals surface area contributed by atoms with Crippen LogP contribution in [0.4, 0.5) is 5.82 Å². The van der Waals surface area contributed by atoms with Crippen LogP contribution >= 0.6 is 0 Å². The van der Waals surface area contributed by atoms with Crippen molar-refractivity contribution in [1.29, 1.82) is 0 Å². The van der Waals surface area contributed by atoms with Gasteiger partial charge in [-0.3, -0.25) is 9.47 Å². The van der Waals surface area contributed by atoms with Crippen molar-refractivity contribution >= 4 is 17.0 Å². The molecule has 12 heteroatoms. The summed E-state index contributed by atoms with van der Waals surface area (Å²) in [7, 11) is 3.07. The Morgan fingerprint density at radius 2 is 1.95 bits per heavy atom. The number of rotatable bonds is 14.